The Morgan fingerprint density at radius 3 is 1.89 bits per heavy atom. The van der Waals surface area contributed by atoms with Gasteiger partial charge in [-0.25, -0.2) is 0 Å². The lowest BCUT2D eigenvalue weighted by molar-refractivity contribution is -0.126. The van der Waals surface area contributed by atoms with Crippen molar-refractivity contribution in [3.63, 3.8) is 0 Å². The molecule has 2 fully saturated rings. The van der Waals surface area contributed by atoms with Gasteiger partial charge in [0, 0.05) is 25.0 Å². The predicted octanol–water partition coefficient (Wildman–Crippen LogP) is 5.83. The minimum atomic E-state index is -0.292. The van der Waals surface area contributed by atoms with E-state index in [0.717, 1.165) is 51.5 Å². The molecule has 6 heteroatoms. The topological polar surface area (TPSA) is 64.8 Å². The van der Waals surface area contributed by atoms with Gasteiger partial charge in [0.05, 0.1) is 11.2 Å². The molecule has 1 aliphatic carbocycles. The summed E-state index contributed by atoms with van der Waals surface area (Å²) in [5.41, 5.74) is 7.96. The highest BCUT2D eigenvalue weighted by Gasteiger charge is 2.50. The third-order valence-corrected chi connectivity index (χ3v) is 8.56. The van der Waals surface area contributed by atoms with E-state index in [1.807, 2.05) is 0 Å². The fourth-order valence-electron chi connectivity index (χ4n) is 5.58. The molecule has 1 saturated heterocycles. The summed E-state index contributed by atoms with van der Waals surface area (Å²) in [6.45, 7) is 10.2. The molecule has 0 spiro atoms. The summed E-state index contributed by atoms with van der Waals surface area (Å²) >= 11 is 0. The van der Waals surface area contributed by atoms with Crippen LogP contribution < -0.4 is 5.73 Å². The molecule has 194 valence electrons. The van der Waals surface area contributed by atoms with Gasteiger partial charge >= 0.3 is 7.12 Å². The number of carbonyl (C=O) groups excluding carboxylic acids is 1. The van der Waals surface area contributed by atoms with Crippen LogP contribution in [0.2, 0.25) is 6.32 Å². The number of benzene rings is 2. The summed E-state index contributed by atoms with van der Waals surface area (Å²) in [5, 5.41) is 0. The molecular weight excluding hydrogens is 447 g/mol. The quantitative estimate of drug-likeness (QED) is 0.300. The Kier molecular flexibility index (Phi) is 8.59. The van der Waals surface area contributed by atoms with E-state index in [1.165, 1.54) is 11.1 Å². The van der Waals surface area contributed by atoms with Gasteiger partial charge in [0.25, 0.3) is 0 Å². The summed E-state index contributed by atoms with van der Waals surface area (Å²) < 4.78 is 12.2. The first-order chi connectivity index (χ1) is 17.1. The van der Waals surface area contributed by atoms with Gasteiger partial charge in [0.15, 0.2) is 0 Å². The number of hydrogen-bond acceptors (Lipinski definition) is 4. The maximum absolute atomic E-state index is 12.4. The number of nitrogens with zero attached hydrogens (tertiary/aromatic N) is 1. The second kappa shape index (κ2) is 11.5. The highest BCUT2D eigenvalue weighted by Crippen LogP contribution is 2.41. The Hall–Kier alpha value is -2.15. The summed E-state index contributed by atoms with van der Waals surface area (Å²) in [5.74, 6) is 0.181. The molecule has 36 heavy (non-hydrogen) atoms. The molecule has 0 bridgehead atoms. The van der Waals surface area contributed by atoms with Crippen molar-refractivity contribution in [2.75, 3.05) is 0 Å². The van der Waals surface area contributed by atoms with Crippen LogP contribution >= 0.6 is 0 Å². The van der Waals surface area contributed by atoms with Crippen molar-refractivity contribution in [2.45, 2.75) is 96.5 Å². The lowest BCUT2D eigenvalue weighted by Crippen LogP contribution is -2.48. The molecule has 1 atom stereocenters. The molecule has 4 rings (SSSR count). The van der Waals surface area contributed by atoms with Crippen molar-refractivity contribution < 1.29 is 14.1 Å². The highest BCUT2D eigenvalue weighted by molar-refractivity contribution is 6.45. The van der Waals surface area contributed by atoms with E-state index in [1.54, 1.807) is 0 Å². The number of hydrogen-bond donors (Lipinski definition) is 1. The molecule has 1 unspecified atom stereocenters. The van der Waals surface area contributed by atoms with Gasteiger partial charge in [-0.3, -0.25) is 9.69 Å². The van der Waals surface area contributed by atoms with Crippen LogP contribution in [-0.4, -0.2) is 35.2 Å². The largest absolute Gasteiger partial charge is 0.457 e. The fraction of sp³-hybridized carbons (Fsp3) is 0.567. The van der Waals surface area contributed by atoms with E-state index in [2.05, 4.69) is 93.3 Å². The zero-order valence-corrected chi connectivity index (χ0v) is 22.5. The third kappa shape index (κ3) is 6.59. The average molecular weight is 490 g/mol. The Labute approximate surface area is 217 Å². The van der Waals surface area contributed by atoms with Gasteiger partial charge in [0.1, 0.15) is 0 Å². The van der Waals surface area contributed by atoms with Gasteiger partial charge in [-0.1, -0.05) is 73.5 Å². The zero-order valence-electron chi connectivity index (χ0n) is 22.5. The molecule has 0 aromatic heterocycles. The van der Waals surface area contributed by atoms with E-state index < -0.39 is 0 Å². The third-order valence-electron chi connectivity index (χ3n) is 8.56. The van der Waals surface area contributed by atoms with Crippen molar-refractivity contribution >= 4 is 13.0 Å². The smallest absolute Gasteiger partial charge is 0.403 e. The molecule has 2 aromatic carbocycles. The number of primary amides is 1. The van der Waals surface area contributed by atoms with Crippen LogP contribution in [0.25, 0.3) is 0 Å². The van der Waals surface area contributed by atoms with Crippen LogP contribution in [0.4, 0.5) is 0 Å². The van der Waals surface area contributed by atoms with E-state index in [-0.39, 0.29) is 30.1 Å². The molecule has 0 radical (unpaired) electrons. The summed E-state index contributed by atoms with van der Waals surface area (Å²) in [6.07, 6.45) is 5.72. The summed E-state index contributed by atoms with van der Waals surface area (Å²) in [7, 11) is -0.167. The van der Waals surface area contributed by atoms with Crippen LogP contribution in [0.5, 0.6) is 0 Å². The molecule has 1 aliphatic heterocycles. The molecule has 1 saturated carbocycles. The van der Waals surface area contributed by atoms with Crippen LogP contribution in [-0.2, 0) is 27.2 Å². The molecule has 2 aromatic rings. The van der Waals surface area contributed by atoms with E-state index >= 15 is 0 Å². The lowest BCUT2D eigenvalue weighted by Gasteiger charge is -2.45. The number of rotatable bonds is 12. The first-order valence-corrected chi connectivity index (χ1v) is 13.6. The first-order valence-electron chi connectivity index (χ1n) is 13.6. The van der Waals surface area contributed by atoms with E-state index in [0.29, 0.717) is 12.0 Å². The standard InChI is InChI=1S/C30H43BN2O3/c1-29(2)30(3,4)36-31(35-29)18-12-11-17-27(28(32)34)25-19-26(20-25)33(21-23-13-7-5-8-14-23)22-24-15-9-6-10-16-24/h5-10,13-16,25-27H,11-12,17-22H2,1-4H3,(H2,32,34). The molecule has 5 nitrogen and oxygen atoms in total. The number of nitrogens with two attached hydrogens (primary N) is 1. The number of unbranched alkanes of at least 4 members (excludes halogenated alkanes) is 1. The Bertz CT molecular complexity index is 919. The van der Waals surface area contributed by atoms with Gasteiger partial charge in [-0.05, 0) is 70.3 Å². The number of carbonyl (C=O) groups is 1. The Morgan fingerprint density at radius 2 is 1.42 bits per heavy atom. The fourth-order valence-corrected chi connectivity index (χ4v) is 5.58. The Balaban J connectivity index is 1.28. The van der Waals surface area contributed by atoms with Gasteiger partial charge in [-0.2, -0.15) is 0 Å². The predicted molar refractivity (Wildman–Crippen MR) is 146 cm³/mol. The van der Waals surface area contributed by atoms with Gasteiger partial charge in [-0.15, -0.1) is 0 Å². The lowest BCUT2D eigenvalue weighted by atomic mass is 9.69. The average Bonchev–Trinajstić information content (AvgIpc) is 3.01. The van der Waals surface area contributed by atoms with Crippen LogP contribution in [0.1, 0.15) is 70.9 Å². The maximum Gasteiger partial charge on any atom is 0.457 e. The second-order valence-corrected chi connectivity index (χ2v) is 11.7. The van der Waals surface area contributed by atoms with Crippen LogP contribution in [0.15, 0.2) is 60.7 Å². The molecular formula is C30H43BN2O3. The Morgan fingerprint density at radius 1 is 0.917 bits per heavy atom. The molecule has 2 aliphatic rings. The highest BCUT2D eigenvalue weighted by atomic mass is 16.7. The van der Waals surface area contributed by atoms with Crippen molar-refractivity contribution in [1.82, 2.24) is 4.90 Å². The zero-order chi connectivity index (χ0) is 25.8. The molecule has 1 heterocycles. The minimum Gasteiger partial charge on any atom is -0.403 e. The second-order valence-electron chi connectivity index (χ2n) is 11.7. The SMILES string of the molecule is CC1(C)OB(CCCCC(C(N)=O)C2CC(N(Cc3ccccc3)Cc3ccccc3)C2)OC1(C)C. The number of amides is 1. The summed E-state index contributed by atoms with van der Waals surface area (Å²) in [6, 6.07) is 21.8. The molecule has 1 amide bonds. The maximum atomic E-state index is 12.4. The van der Waals surface area contributed by atoms with E-state index in [4.69, 9.17) is 15.0 Å². The van der Waals surface area contributed by atoms with Crippen molar-refractivity contribution in [2.24, 2.45) is 17.6 Å². The first kappa shape index (κ1) is 26.9. The molecule has 2 N–H and O–H groups in total. The van der Waals surface area contributed by atoms with Crippen molar-refractivity contribution in [1.29, 1.82) is 0 Å². The minimum absolute atomic E-state index is 0.0464. The van der Waals surface area contributed by atoms with Crippen molar-refractivity contribution in [3.8, 4) is 0 Å². The summed E-state index contributed by atoms with van der Waals surface area (Å²) in [4.78, 5) is 14.9. The monoisotopic (exact) mass is 490 g/mol. The van der Waals surface area contributed by atoms with E-state index in [9.17, 15) is 4.79 Å². The van der Waals surface area contributed by atoms with Crippen LogP contribution in [0.3, 0.4) is 0 Å². The van der Waals surface area contributed by atoms with Crippen LogP contribution in [0, 0.1) is 11.8 Å². The van der Waals surface area contributed by atoms with Gasteiger partial charge < -0.3 is 15.0 Å². The van der Waals surface area contributed by atoms with Gasteiger partial charge in [0.2, 0.25) is 5.91 Å². The van der Waals surface area contributed by atoms with Crippen molar-refractivity contribution in [3.05, 3.63) is 71.8 Å². The normalized spacial score (nSPS) is 23.4.